The summed E-state index contributed by atoms with van der Waals surface area (Å²) < 4.78 is 17.7. The summed E-state index contributed by atoms with van der Waals surface area (Å²) in [7, 11) is 0. The molecule has 1 amide bonds. The van der Waals surface area contributed by atoms with E-state index in [0.29, 0.717) is 68.8 Å². The Balaban J connectivity index is 1.30. The molecule has 2 aliphatic rings. The van der Waals surface area contributed by atoms with Gasteiger partial charge in [0, 0.05) is 29.8 Å². The molecule has 1 aromatic heterocycles. The number of piperidine rings is 1. The van der Waals surface area contributed by atoms with Gasteiger partial charge in [-0.2, -0.15) is 10.5 Å². The Morgan fingerprint density at radius 2 is 1.93 bits per heavy atom. The van der Waals surface area contributed by atoms with E-state index in [0.717, 1.165) is 43.5 Å². The highest BCUT2D eigenvalue weighted by atomic mass is 35.5. The van der Waals surface area contributed by atoms with E-state index in [1.807, 2.05) is 12.1 Å². The molecule has 4 aromatic rings. The van der Waals surface area contributed by atoms with Crippen molar-refractivity contribution in [1.82, 2.24) is 10.3 Å². The second-order valence-corrected chi connectivity index (χ2v) is 11.4. The fraction of sp³-hybridized carbons (Fsp3) is 0.257. The molecule has 0 aliphatic carbocycles. The number of hydrogen-bond donors (Lipinski definition) is 3. The van der Waals surface area contributed by atoms with Crippen LogP contribution in [0.2, 0.25) is 5.02 Å². The van der Waals surface area contributed by atoms with Gasteiger partial charge in [-0.3, -0.25) is 9.78 Å². The van der Waals surface area contributed by atoms with E-state index < -0.39 is 0 Å². The summed E-state index contributed by atoms with van der Waals surface area (Å²) >= 11 is 6.60. The zero-order chi connectivity index (χ0) is 31.9. The monoisotopic (exact) mass is 634 g/mol. The number of nitrogens with zero attached hydrogens (tertiary/aromatic N) is 3. The molecule has 11 heteroatoms. The van der Waals surface area contributed by atoms with Crippen LogP contribution in [0.15, 0.2) is 72.4 Å². The molecule has 1 atom stereocenters. The van der Waals surface area contributed by atoms with E-state index >= 15 is 0 Å². The van der Waals surface area contributed by atoms with Crippen molar-refractivity contribution >= 4 is 45.5 Å². The maximum absolute atomic E-state index is 13.2. The van der Waals surface area contributed by atoms with Crippen molar-refractivity contribution in [3.05, 3.63) is 94.2 Å². The molecule has 46 heavy (non-hydrogen) atoms. The van der Waals surface area contributed by atoms with E-state index in [2.05, 4.69) is 33.1 Å². The number of nitriles is 2. The van der Waals surface area contributed by atoms with Crippen LogP contribution in [-0.4, -0.2) is 43.3 Å². The van der Waals surface area contributed by atoms with Gasteiger partial charge in [-0.15, -0.1) is 0 Å². The molecule has 2 fully saturated rings. The first-order valence-corrected chi connectivity index (χ1v) is 15.4. The Labute approximate surface area is 271 Å². The molecule has 0 radical (unpaired) electrons. The van der Waals surface area contributed by atoms with Gasteiger partial charge < -0.3 is 30.2 Å². The average molecular weight is 635 g/mol. The van der Waals surface area contributed by atoms with Crippen LogP contribution in [0.5, 0.6) is 11.5 Å². The number of amides is 1. The third-order valence-electron chi connectivity index (χ3n) is 7.78. The number of halogens is 1. The smallest absolute Gasteiger partial charge is 0.248 e. The predicted molar refractivity (Wildman–Crippen MR) is 175 cm³/mol. The minimum atomic E-state index is -0.265. The Morgan fingerprint density at radius 3 is 2.70 bits per heavy atom. The number of carbonyl (C=O) groups excluding carboxylic acids is 1. The number of anilines is 3. The van der Waals surface area contributed by atoms with Gasteiger partial charge in [0.2, 0.25) is 5.91 Å². The zero-order valence-corrected chi connectivity index (χ0v) is 25.7. The summed E-state index contributed by atoms with van der Waals surface area (Å²) in [6, 6.07) is 20.4. The molecular weight excluding hydrogens is 604 g/mol. The number of aromatic nitrogens is 1. The summed E-state index contributed by atoms with van der Waals surface area (Å²) in [5.41, 5.74) is 4.82. The largest absolute Gasteiger partial charge is 0.487 e. The van der Waals surface area contributed by atoms with Crippen molar-refractivity contribution in [3.63, 3.8) is 0 Å². The van der Waals surface area contributed by atoms with Crippen LogP contribution < -0.4 is 25.4 Å². The highest BCUT2D eigenvalue weighted by Crippen LogP contribution is 2.39. The lowest BCUT2D eigenvalue weighted by Gasteiger charge is -2.20. The summed E-state index contributed by atoms with van der Waals surface area (Å²) in [5, 5.41) is 29.8. The standard InChI is InChI=1S/C35H31ClN6O4/c36-29-16-26(4-6-30(29)45-20-24-3-1-2-23(14-24)17-37)41-33-25(18-38)19-40-34-28(33)5-7-31(46-27-10-13-44-21-27)35(34)42-32(43)15-22-8-11-39-12-9-22/h1-7,14-16,19,27,39H,8-13,20-21H2,(H,40,41)(H,42,43). The molecule has 232 valence electrons. The zero-order valence-electron chi connectivity index (χ0n) is 24.9. The summed E-state index contributed by atoms with van der Waals surface area (Å²) in [4.78, 5) is 17.8. The van der Waals surface area contributed by atoms with Crippen LogP contribution in [-0.2, 0) is 16.1 Å². The highest BCUT2D eigenvalue weighted by molar-refractivity contribution is 6.32. The van der Waals surface area contributed by atoms with Crippen molar-refractivity contribution in [2.24, 2.45) is 0 Å². The Morgan fingerprint density at radius 1 is 1.09 bits per heavy atom. The predicted octanol–water partition coefficient (Wildman–Crippen LogP) is 6.37. The van der Waals surface area contributed by atoms with E-state index in [1.54, 1.807) is 48.5 Å². The molecule has 3 heterocycles. The molecule has 3 aromatic carbocycles. The van der Waals surface area contributed by atoms with Crippen molar-refractivity contribution < 1.29 is 19.0 Å². The third kappa shape index (κ3) is 7.22. The Bertz CT molecular complexity index is 1880. The molecule has 10 nitrogen and oxygen atoms in total. The maximum Gasteiger partial charge on any atom is 0.248 e. The number of rotatable bonds is 9. The average Bonchev–Trinajstić information content (AvgIpc) is 3.59. The fourth-order valence-electron chi connectivity index (χ4n) is 5.44. The molecule has 1 unspecified atom stereocenters. The quantitative estimate of drug-likeness (QED) is 0.179. The Kier molecular flexibility index (Phi) is 9.61. The number of nitrogens with one attached hydrogen (secondary N) is 3. The number of carbonyl (C=O) groups is 1. The van der Waals surface area contributed by atoms with Crippen molar-refractivity contribution in [2.75, 3.05) is 36.9 Å². The van der Waals surface area contributed by atoms with Crippen LogP contribution >= 0.6 is 11.6 Å². The van der Waals surface area contributed by atoms with Gasteiger partial charge in [0.25, 0.3) is 0 Å². The summed E-state index contributed by atoms with van der Waals surface area (Å²) in [5.74, 6) is 0.688. The number of fused-ring (bicyclic) bond motifs is 1. The van der Waals surface area contributed by atoms with Crippen LogP contribution in [0, 0.1) is 22.7 Å². The van der Waals surface area contributed by atoms with E-state index in [-0.39, 0.29) is 18.6 Å². The first-order valence-electron chi connectivity index (χ1n) is 15.0. The van der Waals surface area contributed by atoms with Crippen molar-refractivity contribution in [3.8, 4) is 23.6 Å². The molecule has 2 aliphatic heterocycles. The second kappa shape index (κ2) is 14.3. The van der Waals surface area contributed by atoms with Gasteiger partial charge in [-0.1, -0.05) is 29.3 Å². The topological polar surface area (TPSA) is 141 Å². The SMILES string of the molecule is N#Cc1cccc(COc2ccc(Nc3c(C#N)cnc4c(NC(=O)C=C5CCNCC5)c(OC5CCOC5)ccc34)cc2Cl)c1. The van der Waals surface area contributed by atoms with E-state index in [1.165, 1.54) is 6.20 Å². The van der Waals surface area contributed by atoms with Crippen LogP contribution in [0.1, 0.15) is 36.0 Å². The van der Waals surface area contributed by atoms with Crippen LogP contribution in [0.25, 0.3) is 10.9 Å². The highest BCUT2D eigenvalue weighted by Gasteiger charge is 2.23. The lowest BCUT2D eigenvalue weighted by Crippen LogP contribution is -2.24. The number of hydrogen-bond acceptors (Lipinski definition) is 9. The molecule has 3 N–H and O–H groups in total. The second-order valence-electron chi connectivity index (χ2n) is 11.0. The summed E-state index contributed by atoms with van der Waals surface area (Å²) in [6.07, 6.45) is 5.33. The minimum Gasteiger partial charge on any atom is -0.487 e. The van der Waals surface area contributed by atoms with Gasteiger partial charge in [-0.05, 0) is 74.0 Å². The van der Waals surface area contributed by atoms with Gasteiger partial charge >= 0.3 is 0 Å². The first kappa shape index (κ1) is 30.9. The minimum absolute atomic E-state index is 0.148. The molecular formula is C35H31ClN6O4. The number of pyridine rings is 1. The van der Waals surface area contributed by atoms with E-state index in [9.17, 15) is 10.1 Å². The Hall–Kier alpha value is -5.13. The van der Waals surface area contributed by atoms with Gasteiger partial charge in [0.15, 0.2) is 0 Å². The molecule has 6 rings (SSSR count). The maximum atomic E-state index is 13.2. The van der Waals surface area contributed by atoms with E-state index in [4.69, 9.17) is 31.1 Å². The summed E-state index contributed by atoms with van der Waals surface area (Å²) in [6.45, 7) is 2.99. The third-order valence-corrected chi connectivity index (χ3v) is 8.08. The fourth-order valence-corrected chi connectivity index (χ4v) is 5.67. The van der Waals surface area contributed by atoms with Crippen LogP contribution in [0.3, 0.4) is 0 Å². The number of ether oxygens (including phenoxy) is 3. The molecule has 0 saturated carbocycles. The number of benzene rings is 3. The van der Waals surface area contributed by atoms with Gasteiger partial charge in [-0.25, -0.2) is 0 Å². The molecule has 0 bridgehead atoms. The normalized spacial score (nSPS) is 15.9. The lowest BCUT2D eigenvalue weighted by molar-refractivity contribution is -0.112. The first-order chi connectivity index (χ1) is 22.5. The van der Waals surface area contributed by atoms with Crippen molar-refractivity contribution in [1.29, 1.82) is 10.5 Å². The molecule has 2 saturated heterocycles. The lowest BCUT2D eigenvalue weighted by atomic mass is 10.0. The molecule has 0 spiro atoms. The van der Waals surface area contributed by atoms with Gasteiger partial charge in [0.1, 0.15) is 36.0 Å². The van der Waals surface area contributed by atoms with Crippen LogP contribution in [0.4, 0.5) is 17.1 Å². The van der Waals surface area contributed by atoms with Gasteiger partial charge in [0.05, 0.1) is 46.6 Å². The van der Waals surface area contributed by atoms with Crippen molar-refractivity contribution in [2.45, 2.75) is 32.0 Å².